The van der Waals surface area contributed by atoms with Crippen LogP contribution in [0.25, 0.3) is 10.8 Å². The van der Waals surface area contributed by atoms with Crippen molar-refractivity contribution >= 4 is 40.2 Å². The molecule has 2 bridgehead atoms. The molecular weight excluding hydrogens is 508 g/mol. The van der Waals surface area contributed by atoms with Gasteiger partial charge in [-0.1, -0.05) is 91.0 Å². The van der Waals surface area contributed by atoms with Crippen LogP contribution in [-0.4, -0.2) is 25.1 Å². The molecule has 0 radical (unpaired) electrons. The lowest BCUT2D eigenvalue weighted by molar-refractivity contribution is -0.122. The average Bonchev–Trinajstić information content (AvgIpc) is 3.30. The van der Waals surface area contributed by atoms with Gasteiger partial charge in [-0.2, -0.15) is 0 Å². The molecule has 1 heterocycles. The van der Waals surface area contributed by atoms with E-state index in [0.29, 0.717) is 11.4 Å². The minimum Gasteiger partial charge on any atom is -0.497 e. The van der Waals surface area contributed by atoms with Crippen molar-refractivity contribution in [2.45, 2.75) is 11.3 Å². The molecule has 2 unspecified atom stereocenters. The predicted octanol–water partition coefficient (Wildman–Crippen LogP) is 6.80. The molecule has 0 aromatic heterocycles. The van der Waals surface area contributed by atoms with E-state index in [-0.39, 0.29) is 17.7 Å². The lowest BCUT2D eigenvalue weighted by Crippen LogP contribution is -2.54. The largest absolute Gasteiger partial charge is 0.497 e. The Balaban J connectivity index is 1.39. The van der Waals surface area contributed by atoms with E-state index in [1.54, 1.807) is 7.11 Å². The lowest BCUT2D eigenvalue weighted by Gasteiger charge is -2.52. The van der Waals surface area contributed by atoms with Crippen LogP contribution in [0, 0.1) is 11.8 Å². The second-order valence-corrected chi connectivity index (χ2v) is 11.0. The van der Waals surface area contributed by atoms with E-state index in [9.17, 15) is 9.59 Å². The molecular formula is C36H26N2O3. The first-order valence-corrected chi connectivity index (χ1v) is 13.9. The Morgan fingerprint density at radius 3 is 2.17 bits per heavy atom. The summed E-state index contributed by atoms with van der Waals surface area (Å²) in [5.74, 6) is -0.999. The molecule has 5 aromatic rings. The summed E-state index contributed by atoms with van der Waals surface area (Å²) < 4.78 is 5.44. The number of hydrogen-bond acceptors (Lipinski definition) is 4. The number of fused-ring (bicyclic) bond motifs is 1. The van der Waals surface area contributed by atoms with Gasteiger partial charge in [0.1, 0.15) is 5.75 Å². The van der Waals surface area contributed by atoms with Crippen molar-refractivity contribution in [2.24, 2.45) is 16.8 Å². The van der Waals surface area contributed by atoms with Gasteiger partial charge in [-0.25, -0.2) is 4.90 Å². The molecule has 5 aromatic carbocycles. The summed E-state index contributed by atoms with van der Waals surface area (Å²) in [5, 5.41) is 1.88. The number of anilines is 1. The van der Waals surface area contributed by atoms with Crippen molar-refractivity contribution in [2.75, 3.05) is 12.0 Å². The molecule has 198 valence electrons. The molecule has 4 aliphatic rings. The maximum Gasteiger partial charge on any atom is 0.239 e. The number of nitrogens with zero attached hydrogens (tertiary/aromatic N) is 2. The van der Waals surface area contributed by atoms with Gasteiger partial charge in [0.25, 0.3) is 0 Å². The van der Waals surface area contributed by atoms with Crippen LogP contribution in [0.4, 0.5) is 11.4 Å². The normalized spacial score (nSPS) is 24.0. The van der Waals surface area contributed by atoms with Gasteiger partial charge in [-0.15, -0.1) is 0 Å². The molecule has 9 rings (SSSR count). The van der Waals surface area contributed by atoms with Gasteiger partial charge >= 0.3 is 0 Å². The quantitative estimate of drug-likeness (QED) is 0.188. The van der Waals surface area contributed by atoms with E-state index in [0.717, 1.165) is 38.7 Å². The number of hydrogen-bond donors (Lipinski definition) is 0. The van der Waals surface area contributed by atoms with Crippen molar-refractivity contribution in [3.63, 3.8) is 0 Å². The summed E-state index contributed by atoms with van der Waals surface area (Å²) in [7, 11) is 1.63. The molecule has 0 spiro atoms. The van der Waals surface area contributed by atoms with Gasteiger partial charge in [-0.3, -0.25) is 14.6 Å². The first kappa shape index (κ1) is 23.8. The molecule has 0 saturated carbocycles. The van der Waals surface area contributed by atoms with Gasteiger partial charge in [0.15, 0.2) is 0 Å². The molecule has 3 aliphatic carbocycles. The molecule has 1 aliphatic heterocycles. The molecule has 41 heavy (non-hydrogen) atoms. The van der Waals surface area contributed by atoms with Gasteiger partial charge < -0.3 is 4.74 Å². The lowest BCUT2D eigenvalue weighted by atomic mass is 9.47. The van der Waals surface area contributed by atoms with Gasteiger partial charge in [0, 0.05) is 23.6 Å². The minimum absolute atomic E-state index is 0.149. The molecule has 1 fully saturated rings. The molecule has 2 atom stereocenters. The fourth-order valence-corrected chi connectivity index (χ4v) is 7.56. The fraction of sp³-hybridized carbons (Fsp3) is 0.139. The van der Waals surface area contributed by atoms with Crippen LogP contribution < -0.4 is 9.64 Å². The van der Waals surface area contributed by atoms with E-state index in [2.05, 4.69) is 24.3 Å². The Bertz CT molecular complexity index is 1870. The van der Waals surface area contributed by atoms with Gasteiger partial charge in [-0.05, 0) is 45.8 Å². The smallest absolute Gasteiger partial charge is 0.239 e. The highest BCUT2D eigenvalue weighted by atomic mass is 16.5. The Labute approximate surface area is 237 Å². The number of rotatable bonds is 4. The minimum atomic E-state index is -0.915. The summed E-state index contributed by atoms with van der Waals surface area (Å²) in [5.41, 5.74) is 4.70. The van der Waals surface area contributed by atoms with Crippen molar-refractivity contribution in [1.29, 1.82) is 0 Å². The number of imide groups is 1. The van der Waals surface area contributed by atoms with E-state index in [4.69, 9.17) is 9.73 Å². The second-order valence-electron chi connectivity index (χ2n) is 11.0. The average molecular weight is 535 g/mol. The summed E-state index contributed by atoms with van der Waals surface area (Å²) in [6.07, 6.45) is 1.92. The zero-order chi connectivity index (χ0) is 27.7. The fourth-order valence-electron chi connectivity index (χ4n) is 7.56. The number of carbonyl (C=O) groups excluding carboxylic acids is 2. The van der Waals surface area contributed by atoms with E-state index in [1.807, 2.05) is 97.2 Å². The predicted molar refractivity (Wildman–Crippen MR) is 160 cm³/mol. The Hall–Kier alpha value is -5.03. The van der Waals surface area contributed by atoms with Crippen molar-refractivity contribution in [3.05, 3.63) is 138 Å². The van der Waals surface area contributed by atoms with Crippen LogP contribution in [-0.2, 0) is 15.0 Å². The van der Waals surface area contributed by atoms with Crippen molar-refractivity contribution in [1.82, 2.24) is 0 Å². The molecule has 0 N–H and O–H groups in total. The number of aliphatic imine (C=N–C) groups is 1. The van der Waals surface area contributed by atoms with Gasteiger partial charge in [0.2, 0.25) is 11.8 Å². The third kappa shape index (κ3) is 3.14. The van der Waals surface area contributed by atoms with E-state index < -0.39 is 17.3 Å². The summed E-state index contributed by atoms with van der Waals surface area (Å²) in [6, 6.07) is 37.8. The Morgan fingerprint density at radius 1 is 0.756 bits per heavy atom. The van der Waals surface area contributed by atoms with Gasteiger partial charge in [0.05, 0.1) is 35.7 Å². The van der Waals surface area contributed by atoms with Crippen LogP contribution >= 0.6 is 0 Å². The van der Waals surface area contributed by atoms with E-state index >= 15 is 0 Å². The second kappa shape index (κ2) is 8.73. The van der Waals surface area contributed by atoms with Crippen molar-refractivity contribution in [3.8, 4) is 5.75 Å². The zero-order valence-corrected chi connectivity index (χ0v) is 22.4. The summed E-state index contributed by atoms with van der Waals surface area (Å²) in [4.78, 5) is 35.7. The maximum atomic E-state index is 14.7. The third-order valence-corrected chi connectivity index (χ3v) is 9.16. The van der Waals surface area contributed by atoms with Crippen LogP contribution in [0.3, 0.4) is 0 Å². The summed E-state index contributed by atoms with van der Waals surface area (Å²) >= 11 is 0. The van der Waals surface area contributed by atoms with E-state index in [1.165, 1.54) is 4.90 Å². The SMILES string of the molecule is COc1cccc(N=CC23c4ccccc4C(c4ccccc42)C2C(=O)N(c4cccc5ccccc45)C(=O)C23)c1. The first-order chi connectivity index (χ1) is 20.1. The maximum absolute atomic E-state index is 14.7. The van der Waals surface area contributed by atoms with Crippen LogP contribution in [0.2, 0.25) is 0 Å². The number of benzene rings is 5. The van der Waals surface area contributed by atoms with Crippen LogP contribution in [0.15, 0.2) is 120 Å². The number of methoxy groups -OCH3 is 1. The Morgan fingerprint density at radius 2 is 1.41 bits per heavy atom. The zero-order valence-electron chi connectivity index (χ0n) is 22.4. The standard InChI is InChI=1S/C36H26N2O3/c1-41-24-13-9-12-23(20-24)37-21-36-28-17-6-4-15-26(28)31(27-16-5-7-18-29(27)36)32-33(36)35(40)38(34(32)39)30-19-8-11-22-10-2-3-14-25(22)30/h2-21,31-33H,1H3. The highest BCUT2D eigenvalue weighted by Crippen LogP contribution is 2.64. The number of amides is 2. The summed E-state index contributed by atoms with van der Waals surface area (Å²) in [6.45, 7) is 0. The molecule has 2 amide bonds. The topological polar surface area (TPSA) is 59.0 Å². The number of ether oxygens (including phenoxy) is 1. The highest BCUT2D eigenvalue weighted by Gasteiger charge is 2.68. The van der Waals surface area contributed by atoms with Crippen molar-refractivity contribution < 1.29 is 14.3 Å². The van der Waals surface area contributed by atoms with Crippen LogP contribution in [0.1, 0.15) is 28.2 Å². The first-order valence-electron chi connectivity index (χ1n) is 13.9. The monoisotopic (exact) mass is 534 g/mol. The third-order valence-electron chi connectivity index (χ3n) is 9.16. The Kier molecular flexibility index (Phi) is 5.08. The molecule has 5 heteroatoms. The number of carbonyl (C=O) groups is 2. The molecule has 1 saturated heterocycles. The highest BCUT2D eigenvalue weighted by molar-refractivity contribution is 6.27. The van der Waals surface area contributed by atoms with Crippen LogP contribution in [0.5, 0.6) is 5.75 Å². The molecule has 5 nitrogen and oxygen atoms in total.